The van der Waals surface area contributed by atoms with Crippen molar-refractivity contribution in [3.05, 3.63) is 100 Å². The molecule has 6 heteroatoms. The molecule has 4 nitrogen and oxygen atoms in total. The Morgan fingerprint density at radius 1 is 0.871 bits per heavy atom. The van der Waals surface area contributed by atoms with Gasteiger partial charge in [0.25, 0.3) is 11.8 Å². The first-order valence-corrected chi connectivity index (χ1v) is 10.2. The molecule has 0 spiro atoms. The molecule has 0 bridgehead atoms. The van der Waals surface area contributed by atoms with E-state index in [-0.39, 0.29) is 18.4 Å². The monoisotopic (exact) mass is 430 g/mol. The minimum atomic E-state index is -0.394. The van der Waals surface area contributed by atoms with Crippen LogP contribution in [0.3, 0.4) is 0 Å². The normalized spacial score (nSPS) is 13.2. The summed E-state index contributed by atoms with van der Waals surface area (Å²) < 4.78 is 13.9. The molecule has 1 aliphatic rings. The van der Waals surface area contributed by atoms with Crippen molar-refractivity contribution in [1.29, 1.82) is 0 Å². The van der Waals surface area contributed by atoms with Gasteiger partial charge in [-0.15, -0.1) is 0 Å². The van der Waals surface area contributed by atoms with Gasteiger partial charge in [0, 0.05) is 23.9 Å². The number of pyridine rings is 1. The molecule has 2 amide bonds. The molecule has 0 atom stereocenters. The third-order valence-corrected chi connectivity index (χ3v) is 5.86. The van der Waals surface area contributed by atoms with Crippen LogP contribution in [0.15, 0.2) is 72.8 Å². The molecule has 1 aliphatic heterocycles. The highest BCUT2D eigenvalue weighted by Crippen LogP contribution is 2.37. The fourth-order valence-corrected chi connectivity index (χ4v) is 4.35. The minimum absolute atomic E-state index is 0.169. The fraction of sp³-hybridized carbons (Fsp3) is 0.0800. The Hall–Kier alpha value is -3.57. The van der Waals surface area contributed by atoms with E-state index in [1.807, 2.05) is 30.3 Å². The van der Waals surface area contributed by atoms with Crippen LogP contribution in [0.4, 0.5) is 4.39 Å². The summed E-state index contributed by atoms with van der Waals surface area (Å²) in [5, 5.41) is 0.915. The Balaban J connectivity index is 1.56. The Labute approximate surface area is 182 Å². The third kappa shape index (κ3) is 3.27. The number of fused-ring (bicyclic) bond motifs is 2. The lowest BCUT2D eigenvalue weighted by Crippen LogP contribution is -2.32. The van der Waals surface area contributed by atoms with E-state index in [4.69, 9.17) is 16.6 Å². The quantitative estimate of drug-likeness (QED) is 0.400. The second-order valence-corrected chi connectivity index (χ2v) is 7.71. The van der Waals surface area contributed by atoms with Crippen molar-refractivity contribution in [1.82, 2.24) is 9.88 Å². The van der Waals surface area contributed by atoms with Gasteiger partial charge in [-0.1, -0.05) is 54.1 Å². The maximum atomic E-state index is 13.9. The maximum Gasteiger partial charge on any atom is 0.261 e. The summed E-state index contributed by atoms with van der Waals surface area (Å²) >= 11 is 6.72. The van der Waals surface area contributed by atoms with E-state index in [9.17, 15) is 14.0 Å². The van der Waals surface area contributed by atoms with Crippen molar-refractivity contribution >= 4 is 34.3 Å². The smallest absolute Gasteiger partial charge is 0.261 e. The van der Waals surface area contributed by atoms with Gasteiger partial charge in [0.1, 0.15) is 5.82 Å². The standard InChI is InChI=1S/C25H16ClFN2O2/c26-23-19-14-16(27)10-11-20(19)28-21(22(23)15-6-2-1-3-7-15)12-13-29-24(30)17-8-4-5-9-18(17)25(29)31/h1-11,14H,12-13H2. The van der Waals surface area contributed by atoms with Crippen LogP contribution in [0.5, 0.6) is 0 Å². The molecule has 0 aliphatic carbocycles. The van der Waals surface area contributed by atoms with Crippen molar-refractivity contribution in [2.24, 2.45) is 0 Å². The number of hydrogen-bond donors (Lipinski definition) is 0. The first-order chi connectivity index (χ1) is 15.0. The number of amides is 2. The van der Waals surface area contributed by atoms with E-state index in [1.54, 1.807) is 30.3 Å². The molecule has 0 radical (unpaired) electrons. The fourth-order valence-electron chi connectivity index (χ4n) is 3.98. The van der Waals surface area contributed by atoms with Gasteiger partial charge in [0.15, 0.2) is 0 Å². The van der Waals surface area contributed by atoms with E-state index in [2.05, 4.69) is 0 Å². The summed E-state index contributed by atoms with van der Waals surface area (Å²) in [5.41, 5.74) is 3.54. The number of hydrogen-bond acceptors (Lipinski definition) is 3. The van der Waals surface area contributed by atoms with Crippen molar-refractivity contribution in [2.45, 2.75) is 6.42 Å². The number of imide groups is 1. The van der Waals surface area contributed by atoms with Gasteiger partial charge in [0.2, 0.25) is 0 Å². The zero-order chi connectivity index (χ0) is 21.5. The van der Waals surface area contributed by atoms with Gasteiger partial charge in [-0.25, -0.2) is 4.39 Å². The zero-order valence-corrected chi connectivity index (χ0v) is 17.1. The maximum absolute atomic E-state index is 13.9. The molecule has 0 unspecified atom stereocenters. The number of benzene rings is 3. The summed E-state index contributed by atoms with van der Waals surface area (Å²) in [4.78, 5) is 31.4. The lowest BCUT2D eigenvalue weighted by atomic mass is 9.99. The van der Waals surface area contributed by atoms with Crippen LogP contribution in [-0.2, 0) is 6.42 Å². The number of halogens is 2. The van der Waals surface area contributed by atoms with Crippen molar-refractivity contribution in [3.8, 4) is 11.1 Å². The molecule has 0 fully saturated rings. The van der Waals surface area contributed by atoms with Crippen molar-refractivity contribution in [2.75, 3.05) is 6.54 Å². The lowest BCUT2D eigenvalue weighted by molar-refractivity contribution is 0.0656. The van der Waals surface area contributed by atoms with Crippen LogP contribution < -0.4 is 0 Å². The van der Waals surface area contributed by atoms with Gasteiger partial charge in [-0.3, -0.25) is 19.5 Å². The average molecular weight is 431 g/mol. The molecule has 1 aromatic heterocycles. The van der Waals surface area contributed by atoms with Gasteiger partial charge in [-0.05, 0) is 35.9 Å². The third-order valence-electron chi connectivity index (χ3n) is 5.47. The summed E-state index contributed by atoms with van der Waals surface area (Å²) in [5.74, 6) is -1.01. The van der Waals surface area contributed by atoms with Crippen LogP contribution in [-0.4, -0.2) is 28.2 Å². The van der Waals surface area contributed by atoms with Gasteiger partial charge >= 0.3 is 0 Å². The molecule has 4 aromatic rings. The SMILES string of the molecule is O=C1c2ccccc2C(=O)N1CCc1nc2ccc(F)cc2c(Cl)c1-c1ccccc1. The summed E-state index contributed by atoms with van der Waals surface area (Å²) in [6.45, 7) is 0.169. The molecule has 0 saturated carbocycles. The molecule has 3 aromatic carbocycles. The predicted octanol–water partition coefficient (Wildman–Crippen LogP) is 5.53. The average Bonchev–Trinajstić information content (AvgIpc) is 3.03. The van der Waals surface area contributed by atoms with Crippen molar-refractivity contribution < 1.29 is 14.0 Å². The summed E-state index contributed by atoms with van der Waals surface area (Å²) in [6.07, 6.45) is 0.322. The van der Waals surface area contributed by atoms with E-state index < -0.39 is 5.82 Å². The molecular formula is C25H16ClFN2O2. The second-order valence-electron chi connectivity index (χ2n) is 7.33. The number of nitrogens with zero attached hydrogens (tertiary/aromatic N) is 2. The number of aromatic nitrogens is 1. The van der Waals surface area contributed by atoms with Crippen LogP contribution in [0.2, 0.25) is 5.02 Å². The van der Waals surface area contributed by atoms with Crippen LogP contribution >= 0.6 is 11.6 Å². The Bertz CT molecular complexity index is 1320. The van der Waals surface area contributed by atoms with E-state index in [0.29, 0.717) is 44.7 Å². The first-order valence-electron chi connectivity index (χ1n) is 9.83. The number of carbonyl (C=O) groups is 2. The van der Waals surface area contributed by atoms with Crippen LogP contribution in [0.25, 0.3) is 22.0 Å². The van der Waals surface area contributed by atoms with E-state index in [0.717, 1.165) is 5.56 Å². The Morgan fingerprint density at radius 2 is 1.52 bits per heavy atom. The molecular weight excluding hydrogens is 415 g/mol. The van der Waals surface area contributed by atoms with Crippen LogP contribution in [0.1, 0.15) is 26.4 Å². The highest BCUT2D eigenvalue weighted by Gasteiger charge is 2.35. The van der Waals surface area contributed by atoms with Gasteiger partial charge in [0.05, 0.1) is 27.4 Å². The number of rotatable bonds is 4. The molecule has 0 saturated heterocycles. The lowest BCUT2D eigenvalue weighted by Gasteiger charge is -2.17. The predicted molar refractivity (Wildman–Crippen MR) is 118 cm³/mol. The molecule has 5 rings (SSSR count). The molecule has 2 heterocycles. The largest absolute Gasteiger partial charge is 0.274 e. The summed E-state index contributed by atoms with van der Waals surface area (Å²) in [7, 11) is 0. The first kappa shape index (κ1) is 19.4. The van der Waals surface area contributed by atoms with Crippen molar-refractivity contribution in [3.63, 3.8) is 0 Å². The Morgan fingerprint density at radius 3 is 2.19 bits per heavy atom. The molecule has 0 N–H and O–H groups in total. The van der Waals surface area contributed by atoms with Gasteiger partial charge in [-0.2, -0.15) is 0 Å². The van der Waals surface area contributed by atoms with E-state index >= 15 is 0 Å². The highest BCUT2D eigenvalue weighted by atomic mass is 35.5. The topological polar surface area (TPSA) is 50.3 Å². The molecule has 31 heavy (non-hydrogen) atoms. The number of carbonyl (C=O) groups excluding carboxylic acids is 2. The van der Waals surface area contributed by atoms with Gasteiger partial charge < -0.3 is 0 Å². The summed E-state index contributed by atoms with van der Waals surface area (Å²) in [6, 6.07) is 20.5. The Kier molecular flexibility index (Phi) is 4.75. The minimum Gasteiger partial charge on any atom is -0.274 e. The second kappa shape index (κ2) is 7.60. The highest BCUT2D eigenvalue weighted by molar-refractivity contribution is 6.38. The van der Waals surface area contributed by atoms with E-state index in [1.165, 1.54) is 17.0 Å². The van der Waals surface area contributed by atoms with Crippen LogP contribution in [0, 0.1) is 5.82 Å². The zero-order valence-electron chi connectivity index (χ0n) is 16.3. The molecule has 152 valence electrons.